The molecule has 2 heterocycles. The second-order valence-corrected chi connectivity index (χ2v) is 4.12. The van der Waals surface area contributed by atoms with E-state index in [1.807, 2.05) is 11.8 Å². The zero-order chi connectivity index (χ0) is 9.26. The molecule has 0 aromatic carbocycles. The monoisotopic (exact) mass is 197 g/mol. The molecule has 0 radical (unpaired) electrons. The molecule has 1 aromatic rings. The number of thioether (sulfide) groups is 1. The Morgan fingerprint density at radius 2 is 2.62 bits per heavy atom. The van der Waals surface area contributed by atoms with E-state index in [9.17, 15) is 4.79 Å². The summed E-state index contributed by atoms with van der Waals surface area (Å²) in [5.41, 5.74) is 1.45. The van der Waals surface area contributed by atoms with Crippen molar-refractivity contribution in [2.24, 2.45) is 0 Å². The third kappa shape index (κ3) is 1.70. The van der Waals surface area contributed by atoms with Crippen molar-refractivity contribution >= 4 is 17.7 Å². The van der Waals surface area contributed by atoms with Gasteiger partial charge in [0, 0.05) is 18.0 Å². The number of nitrogens with zero attached hydrogens (tertiary/aromatic N) is 2. The summed E-state index contributed by atoms with van der Waals surface area (Å²) < 4.78 is 0. The van der Waals surface area contributed by atoms with Crippen molar-refractivity contribution in [2.75, 3.05) is 18.2 Å². The van der Waals surface area contributed by atoms with Crippen molar-refractivity contribution in [1.29, 1.82) is 0 Å². The number of carbonyl (C=O) groups is 1. The molecule has 4 nitrogen and oxygen atoms in total. The molecule has 1 aromatic heterocycles. The van der Waals surface area contributed by atoms with Gasteiger partial charge >= 0.3 is 0 Å². The summed E-state index contributed by atoms with van der Waals surface area (Å²) in [5.74, 6) is 1.87. The van der Waals surface area contributed by atoms with Crippen LogP contribution in [0, 0.1) is 6.92 Å². The Labute approximate surface area is 80.7 Å². The smallest absolute Gasteiger partial charge is 0.275 e. The van der Waals surface area contributed by atoms with Crippen LogP contribution in [0.2, 0.25) is 0 Å². The van der Waals surface area contributed by atoms with Gasteiger partial charge < -0.3 is 4.90 Å². The average Bonchev–Trinajstić information content (AvgIpc) is 2.72. The molecule has 5 heteroatoms. The van der Waals surface area contributed by atoms with Gasteiger partial charge in [-0.05, 0) is 13.0 Å². The van der Waals surface area contributed by atoms with Gasteiger partial charge in [0.25, 0.3) is 5.91 Å². The van der Waals surface area contributed by atoms with Gasteiger partial charge in [-0.15, -0.1) is 11.8 Å². The van der Waals surface area contributed by atoms with Crippen LogP contribution in [0.15, 0.2) is 6.07 Å². The van der Waals surface area contributed by atoms with Crippen molar-refractivity contribution in [3.05, 3.63) is 17.5 Å². The summed E-state index contributed by atoms with van der Waals surface area (Å²) in [4.78, 5) is 13.5. The van der Waals surface area contributed by atoms with Crippen LogP contribution in [0.1, 0.15) is 16.2 Å². The Balaban J connectivity index is 2.12. The van der Waals surface area contributed by atoms with E-state index >= 15 is 0 Å². The van der Waals surface area contributed by atoms with Gasteiger partial charge in [-0.2, -0.15) is 5.10 Å². The Morgan fingerprint density at radius 3 is 3.15 bits per heavy atom. The third-order valence-corrected chi connectivity index (χ3v) is 2.93. The lowest BCUT2D eigenvalue weighted by atomic mass is 10.3. The first-order chi connectivity index (χ1) is 6.27. The van der Waals surface area contributed by atoms with E-state index in [1.165, 1.54) is 0 Å². The molecule has 2 rings (SSSR count). The molecular formula is C8H11N3OS. The number of H-pyrrole nitrogens is 1. The predicted octanol–water partition coefficient (Wildman–Crippen LogP) is 0.865. The van der Waals surface area contributed by atoms with Crippen LogP contribution >= 0.6 is 11.8 Å². The fourth-order valence-corrected chi connectivity index (χ4v) is 2.21. The largest absolute Gasteiger partial charge is 0.327 e. The minimum absolute atomic E-state index is 0.0364. The molecule has 0 spiro atoms. The molecule has 13 heavy (non-hydrogen) atoms. The minimum Gasteiger partial charge on any atom is -0.327 e. The summed E-state index contributed by atoms with van der Waals surface area (Å²) in [5, 5.41) is 6.70. The molecule has 0 saturated carbocycles. The van der Waals surface area contributed by atoms with Crippen molar-refractivity contribution in [2.45, 2.75) is 6.92 Å². The SMILES string of the molecule is Cc1cc(C(=O)N2CCSC2)n[nH]1. The Bertz CT molecular complexity index is 317. The molecule has 1 amide bonds. The average molecular weight is 197 g/mol. The van der Waals surface area contributed by atoms with Gasteiger partial charge in [0.05, 0.1) is 5.88 Å². The lowest BCUT2D eigenvalue weighted by Gasteiger charge is -2.11. The molecule has 70 valence electrons. The van der Waals surface area contributed by atoms with Gasteiger partial charge in [-0.1, -0.05) is 0 Å². The topological polar surface area (TPSA) is 49.0 Å². The lowest BCUT2D eigenvalue weighted by Crippen LogP contribution is -2.28. The van der Waals surface area contributed by atoms with Crippen molar-refractivity contribution in [1.82, 2.24) is 15.1 Å². The predicted molar refractivity (Wildman–Crippen MR) is 51.7 cm³/mol. The van der Waals surface area contributed by atoms with E-state index in [1.54, 1.807) is 17.8 Å². The highest BCUT2D eigenvalue weighted by atomic mass is 32.2. The first-order valence-electron chi connectivity index (χ1n) is 4.16. The fourth-order valence-electron chi connectivity index (χ4n) is 1.26. The highest BCUT2D eigenvalue weighted by Gasteiger charge is 2.21. The Morgan fingerprint density at radius 1 is 1.77 bits per heavy atom. The van der Waals surface area contributed by atoms with Crippen molar-refractivity contribution < 1.29 is 4.79 Å². The number of aromatic nitrogens is 2. The standard InChI is InChI=1S/C8H11N3OS/c1-6-4-7(10-9-6)8(12)11-2-3-13-5-11/h4H,2-3,5H2,1H3,(H,9,10). The second-order valence-electron chi connectivity index (χ2n) is 3.04. The molecule has 1 aliphatic heterocycles. The summed E-state index contributed by atoms with van der Waals surface area (Å²) in [7, 11) is 0. The number of aryl methyl sites for hydroxylation is 1. The van der Waals surface area contributed by atoms with E-state index in [2.05, 4.69) is 10.2 Å². The van der Waals surface area contributed by atoms with Crippen molar-refractivity contribution in [3.8, 4) is 0 Å². The van der Waals surface area contributed by atoms with Crippen LogP contribution < -0.4 is 0 Å². The molecule has 1 fully saturated rings. The molecule has 0 atom stereocenters. The molecule has 0 bridgehead atoms. The summed E-state index contributed by atoms with van der Waals surface area (Å²) >= 11 is 1.78. The number of hydrogen-bond acceptors (Lipinski definition) is 3. The van der Waals surface area contributed by atoms with Crippen LogP contribution in [0.25, 0.3) is 0 Å². The second kappa shape index (κ2) is 3.41. The minimum atomic E-state index is 0.0364. The summed E-state index contributed by atoms with van der Waals surface area (Å²) in [6, 6.07) is 1.78. The third-order valence-electron chi connectivity index (χ3n) is 1.96. The van der Waals surface area contributed by atoms with Crippen LogP contribution in [0.3, 0.4) is 0 Å². The zero-order valence-corrected chi connectivity index (χ0v) is 8.23. The highest BCUT2D eigenvalue weighted by Crippen LogP contribution is 2.15. The molecular weight excluding hydrogens is 186 g/mol. The van der Waals surface area contributed by atoms with E-state index in [0.29, 0.717) is 5.69 Å². The quantitative estimate of drug-likeness (QED) is 0.726. The van der Waals surface area contributed by atoms with Gasteiger partial charge in [-0.3, -0.25) is 9.89 Å². The molecule has 1 saturated heterocycles. The Hall–Kier alpha value is -0.970. The summed E-state index contributed by atoms with van der Waals surface area (Å²) in [6.07, 6.45) is 0. The number of carbonyl (C=O) groups excluding carboxylic acids is 1. The van der Waals surface area contributed by atoms with Crippen LogP contribution in [-0.2, 0) is 0 Å². The number of nitrogens with one attached hydrogen (secondary N) is 1. The maximum Gasteiger partial charge on any atom is 0.275 e. The van der Waals surface area contributed by atoms with Gasteiger partial charge in [-0.25, -0.2) is 0 Å². The Kier molecular flexibility index (Phi) is 2.26. The molecule has 0 aliphatic carbocycles. The lowest BCUT2D eigenvalue weighted by molar-refractivity contribution is 0.0797. The first kappa shape index (κ1) is 8.62. The zero-order valence-electron chi connectivity index (χ0n) is 7.41. The van der Waals surface area contributed by atoms with Gasteiger partial charge in [0.1, 0.15) is 5.69 Å². The summed E-state index contributed by atoms with van der Waals surface area (Å²) in [6.45, 7) is 2.73. The van der Waals surface area contributed by atoms with Crippen LogP contribution in [-0.4, -0.2) is 39.2 Å². The molecule has 1 N–H and O–H groups in total. The number of hydrogen-bond donors (Lipinski definition) is 1. The van der Waals surface area contributed by atoms with E-state index in [4.69, 9.17) is 0 Å². The number of rotatable bonds is 1. The fraction of sp³-hybridized carbons (Fsp3) is 0.500. The normalized spacial score (nSPS) is 16.5. The van der Waals surface area contributed by atoms with E-state index < -0.39 is 0 Å². The van der Waals surface area contributed by atoms with Crippen LogP contribution in [0.5, 0.6) is 0 Å². The molecule has 1 aliphatic rings. The van der Waals surface area contributed by atoms with Crippen molar-refractivity contribution in [3.63, 3.8) is 0 Å². The maximum absolute atomic E-state index is 11.7. The molecule has 0 unspecified atom stereocenters. The number of aromatic amines is 1. The van der Waals surface area contributed by atoms with Crippen LogP contribution in [0.4, 0.5) is 0 Å². The van der Waals surface area contributed by atoms with E-state index in [-0.39, 0.29) is 5.91 Å². The number of amides is 1. The first-order valence-corrected chi connectivity index (χ1v) is 5.32. The van der Waals surface area contributed by atoms with Gasteiger partial charge in [0.2, 0.25) is 0 Å². The maximum atomic E-state index is 11.7. The van der Waals surface area contributed by atoms with Gasteiger partial charge in [0.15, 0.2) is 0 Å². The van der Waals surface area contributed by atoms with E-state index in [0.717, 1.165) is 23.9 Å². The highest BCUT2D eigenvalue weighted by molar-refractivity contribution is 7.99.